The van der Waals surface area contributed by atoms with Crippen molar-refractivity contribution in [1.29, 1.82) is 0 Å². The molecule has 0 aliphatic heterocycles. The maximum atomic E-state index is 12.8. The molecular formula is C14H14ClF3N2S. The van der Waals surface area contributed by atoms with Crippen LogP contribution in [0.15, 0.2) is 18.2 Å². The first-order valence-corrected chi connectivity index (χ1v) is 7.44. The molecule has 0 amide bonds. The average Bonchev–Trinajstić information content (AvgIpc) is 2.66. The van der Waals surface area contributed by atoms with Gasteiger partial charge in [-0.25, -0.2) is 4.98 Å². The van der Waals surface area contributed by atoms with Gasteiger partial charge in [0.1, 0.15) is 0 Å². The van der Waals surface area contributed by atoms with Crippen LogP contribution < -0.4 is 5.32 Å². The Hall–Kier alpha value is -1.27. The Balaban J connectivity index is 2.27. The predicted octanol–water partition coefficient (Wildman–Crippen LogP) is 5.61. The largest absolute Gasteiger partial charge is 0.416 e. The lowest BCUT2D eigenvalue weighted by molar-refractivity contribution is -0.137. The number of nitrogens with zero attached hydrogens (tertiary/aromatic N) is 1. The molecule has 0 fully saturated rings. The molecule has 21 heavy (non-hydrogen) atoms. The zero-order valence-electron chi connectivity index (χ0n) is 11.7. The highest BCUT2D eigenvalue weighted by Gasteiger charge is 2.31. The van der Waals surface area contributed by atoms with Crippen LogP contribution >= 0.6 is 22.9 Å². The maximum absolute atomic E-state index is 12.8. The summed E-state index contributed by atoms with van der Waals surface area (Å²) in [6.07, 6.45) is -4.42. The fourth-order valence-electron chi connectivity index (χ4n) is 2.10. The number of alkyl halides is 3. The first-order chi connectivity index (χ1) is 9.66. The third-order valence-corrected chi connectivity index (χ3v) is 4.41. The van der Waals surface area contributed by atoms with Crippen LogP contribution in [0, 0.1) is 13.8 Å². The lowest BCUT2D eigenvalue weighted by Gasteiger charge is -2.16. The maximum Gasteiger partial charge on any atom is 0.416 e. The molecule has 0 aliphatic carbocycles. The molecule has 7 heteroatoms. The van der Waals surface area contributed by atoms with Crippen LogP contribution in [0.1, 0.15) is 34.1 Å². The Kier molecular flexibility index (Phi) is 4.49. The van der Waals surface area contributed by atoms with Gasteiger partial charge < -0.3 is 5.32 Å². The number of rotatable bonds is 3. The molecule has 114 valence electrons. The van der Waals surface area contributed by atoms with Crippen LogP contribution in [0.3, 0.4) is 0 Å². The minimum absolute atomic E-state index is 0.0525. The van der Waals surface area contributed by atoms with E-state index in [9.17, 15) is 13.2 Å². The second kappa shape index (κ2) is 5.85. The molecule has 0 aliphatic rings. The number of nitrogens with one attached hydrogen (secondary N) is 1. The molecule has 0 spiro atoms. The van der Waals surface area contributed by atoms with E-state index >= 15 is 0 Å². The SMILES string of the molecule is Cc1nc(C)c(C(C)Nc2cc(Cl)cc(C(F)(F)F)c2)s1. The van der Waals surface area contributed by atoms with Gasteiger partial charge in [-0.15, -0.1) is 11.3 Å². The standard InChI is InChI=1S/C14H14ClF3N2S/c1-7-13(21-9(3)19-7)8(2)20-12-5-10(14(16,17)18)4-11(15)6-12/h4-6,8,20H,1-3H3. The van der Waals surface area contributed by atoms with Crippen molar-refractivity contribution in [3.05, 3.63) is 44.4 Å². The van der Waals surface area contributed by atoms with Gasteiger partial charge in [0.25, 0.3) is 0 Å². The molecule has 0 saturated heterocycles. The van der Waals surface area contributed by atoms with E-state index in [1.165, 1.54) is 17.4 Å². The number of aryl methyl sites for hydroxylation is 2. The van der Waals surface area contributed by atoms with Crippen LogP contribution in [0.4, 0.5) is 18.9 Å². The van der Waals surface area contributed by atoms with Gasteiger partial charge in [0.15, 0.2) is 0 Å². The average molecular weight is 335 g/mol. The number of benzene rings is 1. The zero-order chi connectivity index (χ0) is 15.8. The predicted molar refractivity (Wildman–Crippen MR) is 80.1 cm³/mol. The van der Waals surface area contributed by atoms with Crippen LogP contribution in [0.2, 0.25) is 5.02 Å². The molecule has 0 bridgehead atoms. The zero-order valence-corrected chi connectivity index (χ0v) is 13.2. The van der Waals surface area contributed by atoms with E-state index in [1.54, 1.807) is 0 Å². The molecule has 1 heterocycles. The van der Waals surface area contributed by atoms with Gasteiger partial charge in [-0.05, 0) is 39.0 Å². The van der Waals surface area contributed by atoms with E-state index in [1.807, 2.05) is 20.8 Å². The van der Waals surface area contributed by atoms with E-state index in [0.717, 1.165) is 27.7 Å². The van der Waals surface area contributed by atoms with Crippen molar-refractivity contribution in [3.8, 4) is 0 Å². The third-order valence-electron chi connectivity index (χ3n) is 2.94. The molecule has 2 rings (SSSR count). The van der Waals surface area contributed by atoms with Crippen molar-refractivity contribution in [3.63, 3.8) is 0 Å². The first kappa shape index (κ1) is 16.1. The third kappa shape index (κ3) is 3.89. The Labute approximate surface area is 130 Å². The van der Waals surface area contributed by atoms with Crippen LogP contribution in [-0.4, -0.2) is 4.98 Å². The number of anilines is 1. The lowest BCUT2D eigenvalue weighted by Crippen LogP contribution is -2.09. The highest BCUT2D eigenvalue weighted by atomic mass is 35.5. The van der Waals surface area contributed by atoms with E-state index in [4.69, 9.17) is 11.6 Å². The van der Waals surface area contributed by atoms with Gasteiger partial charge >= 0.3 is 6.18 Å². The highest BCUT2D eigenvalue weighted by Crippen LogP contribution is 2.35. The van der Waals surface area contributed by atoms with Crippen molar-refractivity contribution in [1.82, 2.24) is 4.98 Å². The molecular weight excluding hydrogens is 321 g/mol. The summed E-state index contributed by atoms with van der Waals surface area (Å²) in [4.78, 5) is 5.32. The second-order valence-corrected chi connectivity index (χ2v) is 6.45. The summed E-state index contributed by atoms with van der Waals surface area (Å²) in [5.74, 6) is 0. The fourth-order valence-corrected chi connectivity index (χ4v) is 3.27. The topological polar surface area (TPSA) is 24.9 Å². The van der Waals surface area contributed by atoms with Gasteiger partial charge in [-0.3, -0.25) is 0 Å². The number of aromatic nitrogens is 1. The van der Waals surface area contributed by atoms with Crippen LogP contribution in [0.25, 0.3) is 0 Å². The minimum atomic E-state index is -4.42. The van der Waals surface area contributed by atoms with Gasteiger partial charge in [-0.2, -0.15) is 13.2 Å². The van der Waals surface area contributed by atoms with Gasteiger partial charge in [0.05, 0.1) is 22.3 Å². The molecule has 0 saturated carbocycles. The van der Waals surface area contributed by atoms with Crippen molar-refractivity contribution in [2.24, 2.45) is 0 Å². The van der Waals surface area contributed by atoms with E-state index in [0.29, 0.717) is 5.69 Å². The molecule has 1 atom stereocenters. The first-order valence-electron chi connectivity index (χ1n) is 6.25. The van der Waals surface area contributed by atoms with Crippen molar-refractivity contribution in [2.45, 2.75) is 33.0 Å². The summed E-state index contributed by atoms with van der Waals surface area (Å²) < 4.78 is 38.3. The molecule has 1 N–H and O–H groups in total. The summed E-state index contributed by atoms with van der Waals surface area (Å²) in [6, 6.07) is 3.32. The Bertz CT molecular complexity index is 652. The van der Waals surface area contributed by atoms with Gasteiger partial charge in [0, 0.05) is 15.6 Å². The molecule has 0 radical (unpaired) electrons. The Morgan fingerprint density at radius 2 is 1.90 bits per heavy atom. The highest BCUT2D eigenvalue weighted by molar-refractivity contribution is 7.11. The molecule has 1 aromatic heterocycles. The smallest absolute Gasteiger partial charge is 0.378 e. The Morgan fingerprint density at radius 1 is 1.24 bits per heavy atom. The molecule has 1 unspecified atom stereocenters. The number of halogens is 4. The summed E-state index contributed by atoms with van der Waals surface area (Å²) in [7, 11) is 0. The van der Waals surface area contributed by atoms with E-state index < -0.39 is 11.7 Å². The fraction of sp³-hybridized carbons (Fsp3) is 0.357. The number of hydrogen-bond acceptors (Lipinski definition) is 3. The van der Waals surface area contributed by atoms with Crippen molar-refractivity contribution >= 4 is 28.6 Å². The normalized spacial score (nSPS) is 13.3. The van der Waals surface area contributed by atoms with Gasteiger partial charge in [-0.1, -0.05) is 11.6 Å². The van der Waals surface area contributed by atoms with E-state index in [2.05, 4.69) is 10.3 Å². The molecule has 1 aromatic carbocycles. The minimum Gasteiger partial charge on any atom is -0.378 e. The quantitative estimate of drug-likeness (QED) is 0.789. The van der Waals surface area contributed by atoms with Crippen molar-refractivity contribution in [2.75, 3.05) is 5.32 Å². The summed E-state index contributed by atoms with van der Waals surface area (Å²) in [6.45, 7) is 5.67. The van der Waals surface area contributed by atoms with Crippen LogP contribution in [-0.2, 0) is 6.18 Å². The second-order valence-electron chi connectivity index (χ2n) is 4.77. The van der Waals surface area contributed by atoms with Crippen molar-refractivity contribution < 1.29 is 13.2 Å². The lowest BCUT2D eigenvalue weighted by atomic mass is 10.1. The number of hydrogen-bond donors (Lipinski definition) is 1. The summed E-state index contributed by atoms with van der Waals surface area (Å²) in [5.41, 5.74) is 0.463. The monoisotopic (exact) mass is 334 g/mol. The molecule has 2 nitrogen and oxygen atoms in total. The summed E-state index contributed by atoms with van der Waals surface area (Å²) in [5, 5.41) is 4.03. The number of thiazole rings is 1. The Morgan fingerprint density at radius 3 is 2.43 bits per heavy atom. The molecule has 2 aromatic rings. The van der Waals surface area contributed by atoms with Crippen LogP contribution in [0.5, 0.6) is 0 Å². The van der Waals surface area contributed by atoms with E-state index in [-0.39, 0.29) is 11.1 Å². The summed E-state index contributed by atoms with van der Waals surface area (Å²) >= 11 is 7.30. The van der Waals surface area contributed by atoms with Gasteiger partial charge in [0.2, 0.25) is 0 Å².